The number of aromatic hydroxyl groups is 1. The number of aliphatic hydroxyl groups excluding tert-OH is 1. The number of halogens is 1. The zero-order chi connectivity index (χ0) is 19.2. The first-order valence-electron chi connectivity index (χ1n) is 8.63. The van der Waals surface area contributed by atoms with Crippen LogP contribution in [0.1, 0.15) is 24.5 Å². The number of hydrogen-bond donors (Lipinski definition) is 3. The average Bonchev–Trinajstić information content (AvgIpc) is 2.67. The van der Waals surface area contributed by atoms with Crippen LogP contribution in [0.4, 0.5) is 14.9 Å². The summed E-state index contributed by atoms with van der Waals surface area (Å²) in [5, 5.41) is 23.0. The number of amides is 1. The van der Waals surface area contributed by atoms with Gasteiger partial charge in [-0.1, -0.05) is 42.5 Å². The number of rotatable bonds is 6. The van der Waals surface area contributed by atoms with Crippen molar-refractivity contribution in [2.75, 3.05) is 11.9 Å². The van der Waals surface area contributed by atoms with Gasteiger partial charge in [0.15, 0.2) is 11.6 Å². The molecule has 27 heavy (non-hydrogen) atoms. The van der Waals surface area contributed by atoms with Crippen molar-refractivity contribution in [3.8, 4) is 5.75 Å². The zero-order valence-electron chi connectivity index (χ0n) is 14.6. The maximum atomic E-state index is 13.7. The third-order valence-corrected chi connectivity index (χ3v) is 4.24. The number of carbonyl (C=O) groups is 1. The van der Waals surface area contributed by atoms with Gasteiger partial charge in [-0.15, -0.1) is 0 Å². The van der Waals surface area contributed by atoms with Crippen LogP contribution in [0.5, 0.6) is 5.75 Å². The number of carbonyl (C=O) groups excluding carboxylic acids is 1. The Morgan fingerprint density at radius 2 is 1.89 bits per heavy atom. The molecule has 0 saturated carbocycles. The SMILES string of the molecule is O=C(Nc1cccc2ccccc12)O[C@H](CCCO)c1ccc(O)c(F)c1. The van der Waals surface area contributed by atoms with Crippen LogP contribution in [0.2, 0.25) is 0 Å². The quantitative estimate of drug-likeness (QED) is 0.586. The Hall–Kier alpha value is -3.12. The van der Waals surface area contributed by atoms with E-state index in [0.29, 0.717) is 24.1 Å². The van der Waals surface area contributed by atoms with Crippen molar-refractivity contribution in [3.05, 3.63) is 72.0 Å². The average molecular weight is 369 g/mol. The Balaban J connectivity index is 1.78. The van der Waals surface area contributed by atoms with Crippen LogP contribution in [0, 0.1) is 5.82 Å². The van der Waals surface area contributed by atoms with E-state index in [0.717, 1.165) is 16.8 Å². The van der Waals surface area contributed by atoms with Gasteiger partial charge in [0, 0.05) is 12.0 Å². The number of benzene rings is 3. The van der Waals surface area contributed by atoms with Crippen LogP contribution >= 0.6 is 0 Å². The molecule has 0 spiro atoms. The van der Waals surface area contributed by atoms with E-state index in [1.54, 1.807) is 6.07 Å². The third-order valence-electron chi connectivity index (χ3n) is 4.24. The Morgan fingerprint density at radius 1 is 1.11 bits per heavy atom. The minimum Gasteiger partial charge on any atom is -0.505 e. The van der Waals surface area contributed by atoms with Gasteiger partial charge < -0.3 is 14.9 Å². The van der Waals surface area contributed by atoms with Crippen LogP contribution in [0.15, 0.2) is 60.7 Å². The third kappa shape index (κ3) is 4.54. The maximum Gasteiger partial charge on any atom is 0.412 e. The van der Waals surface area contributed by atoms with E-state index in [1.165, 1.54) is 12.1 Å². The van der Waals surface area contributed by atoms with E-state index < -0.39 is 23.8 Å². The highest BCUT2D eigenvalue weighted by Crippen LogP contribution is 2.28. The van der Waals surface area contributed by atoms with Crippen LogP contribution in [-0.2, 0) is 4.74 Å². The van der Waals surface area contributed by atoms with Crippen LogP contribution in [0.3, 0.4) is 0 Å². The molecule has 140 valence electrons. The summed E-state index contributed by atoms with van der Waals surface area (Å²) in [6.07, 6.45) is -0.719. The van der Waals surface area contributed by atoms with Gasteiger partial charge in [0.2, 0.25) is 0 Å². The number of anilines is 1. The molecule has 0 heterocycles. The molecule has 0 radical (unpaired) electrons. The number of ether oxygens (including phenoxy) is 1. The van der Waals surface area contributed by atoms with Gasteiger partial charge in [0.05, 0.1) is 5.69 Å². The molecule has 3 rings (SSSR count). The fraction of sp³-hybridized carbons (Fsp3) is 0.190. The molecule has 0 bridgehead atoms. The Bertz CT molecular complexity index is 939. The van der Waals surface area contributed by atoms with E-state index >= 15 is 0 Å². The van der Waals surface area contributed by atoms with Crippen molar-refractivity contribution in [3.63, 3.8) is 0 Å². The summed E-state index contributed by atoms with van der Waals surface area (Å²) in [6.45, 7) is -0.0780. The number of phenols is 1. The van der Waals surface area contributed by atoms with E-state index in [1.807, 2.05) is 36.4 Å². The normalized spacial score (nSPS) is 11.9. The Morgan fingerprint density at radius 3 is 2.67 bits per heavy atom. The number of hydrogen-bond acceptors (Lipinski definition) is 4. The Kier molecular flexibility index (Phi) is 5.88. The fourth-order valence-corrected chi connectivity index (χ4v) is 2.90. The van der Waals surface area contributed by atoms with E-state index in [4.69, 9.17) is 9.84 Å². The molecule has 0 fully saturated rings. The van der Waals surface area contributed by atoms with E-state index in [9.17, 15) is 14.3 Å². The minimum atomic E-state index is -0.792. The first-order chi connectivity index (χ1) is 13.1. The van der Waals surface area contributed by atoms with E-state index in [-0.39, 0.29) is 6.61 Å². The van der Waals surface area contributed by atoms with Gasteiger partial charge in [-0.2, -0.15) is 0 Å². The Labute approximate surface area is 156 Å². The predicted octanol–water partition coefficient (Wildman–Crippen LogP) is 4.75. The summed E-state index contributed by atoms with van der Waals surface area (Å²) >= 11 is 0. The monoisotopic (exact) mass is 369 g/mol. The summed E-state index contributed by atoms with van der Waals surface area (Å²) < 4.78 is 19.1. The molecule has 0 aliphatic carbocycles. The maximum absolute atomic E-state index is 13.7. The van der Waals surface area contributed by atoms with Crippen LogP contribution < -0.4 is 5.32 Å². The van der Waals surface area contributed by atoms with E-state index in [2.05, 4.69) is 5.32 Å². The van der Waals surface area contributed by atoms with Crippen molar-refractivity contribution in [1.82, 2.24) is 0 Å². The fourth-order valence-electron chi connectivity index (χ4n) is 2.90. The number of fused-ring (bicyclic) bond motifs is 1. The number of aliphatic hydroxyl groups is 1. The summed E-state index contributed by atoms with van der Waals surface area (Å²) in [7, 11) is 0. The lowest BCUT2D eigenvalue weighted by molar-refractivity contribution is 0.0993. The minimum absolute atomic E-state index is 0.0780. The summed E-state index contributed by atoms with van der Waals surface area (Å²) in [5.41, 5.74) is 1.02. The largest absolute Gasteiger partial charge is 0.505 e. The van der Waals surface area contributed by atoms with Crippen molar-refractivity contribution >= 4 is 22.6 Å². The van der Waals surface area contributed by atoms with Crippen molar-refractivity contribution in [2.45, 2.75) is 18.9 Å². The zero-order valence-corrected chi connectivity index (χ0v) is 14.6. The summed E-state index contributed by atoms with van der Waals surface area (Å²) in [4.78, 5) is 12.4. The second-order valence-corrected chi connectivity index (χ2v) is 6.12. The highest BCUT2D eigenvalue weighted by molar-refractivity contribution is 6.00. The molecular weight excluding hydrogens is 349 g/mol. The van der Waals surface area contributed by atoms with Gasteiger partial charge in [0.1, 0.15) is 6.10 Å². The lowest BCUT2D eigenvalue weighted by atomic mass is 10.0. The molecule has 1 amide bonds. The van der Waals surface area contributed by atoms with Gasteiger partial charge in [0.25, 0.3) is 0 Å². The summed E-state index contributed by atoms with van der Waals surface area (Å²) in [6, 6.07) is 17.0. The molecule has 0 saturated heterocycles. The molecule has 3 aromatic carbocycles. The number of phenolic OH excluding ortho intramolecular Hbond substituents is 1. The second kappa shape index (κ2) is 8.51. The van der Waals surface area contributed by atoms with Crippen molar-refractivity contribution in [2.24, 2.45) is 0 Å². The van der Waals surface area contributed by atoms with Crippen molar-refractivity contribution < 1.29 is 24.1 Å². The van der Waals surface area contributed by atoms with Gasteiger partial charge in [-0.05, 0) is 42.0 Å². The highest BCUT2D eigenvalue weighted by atomic mass is 19.1. The molecule has 1 atom stereocenters. The molecule has 0 unspecified atom stereocenters. The molecule has 0 aliphatic heterocycles. The lowest BCUT2D eigenvalue weighted by Gasteiger charge is -2.19. The van der Waals surface area contributed by atoms with Crippen LogP contribution in [0.25, 0.3) is 10.8 Å². The first-order valence-corrected chi connectivity index (χ1v) is 8.63. The smallest absolute Gasteiger partial charge is 0.412 e. The van der Waals surface area contributed by atoms with Gasteiger partial charge in [-0.25, -0.2) is 9.18 Å². The molecule has 3 aromatic rings. The van der Waals surface area contributed by atoms with Crippen molar-refractivity contribution in [1.29, 1.82) is 0 Å². The second-order valence-electron chi connectivity index (χ2n) is 6.12. The number of nitrogens with one attached hydrogen (secondary N) is 1. The van der Waals surface area contributed by atoms with Gasteiger partial charge >= 0.3 is 6.09 Å². The highest BCUT2D eigenvalue weighted by Gasteiger charge is 2.19. The summed E-state index contributed by atoms with van der Waals surface area (Å²) in [5.74, 6) is -1.26. The molecular formula is C21H20FNO4. The van der Waals surface area contributed by atoms with Crippen LogP contribution in [-0.4, -0.2) is 22.9 Å². The molecule has 3 N–H and O–H groups in total. The molecule has 0 aliphatic rings. The first kappa shape index (κ1) is 18.7. The molecule has 0 aromatic heterocycles. The predicted molar refractivity (Wildman–Crippen MR) is 101 cm³/mol. The molecule has 6 heteroatoms. The molecule has 5 nitrogen and oxygen atoms in total. The lowest BCUT2D eigenvalue weighted by Crippen LogP contribution is -2.18. The standard InChI is InChI=1S/C21H20FNO4/c22-17-13-15(10-11-19(17)25)20(9-4-12-24)27-21(26)23-18-8-3-6-14-5-1-2-7-16(14)18/h1-3,5-8,10-11,13,20,24-25H,4,9,12H2,(H,23,26)/t20-/m1/s1. The topological polar surface area (TPSA) is 78.8 Å². The van der Waals surface area contributed by atoms with Gasteiger partial charge in [-0.3, -0.25) is 5.32 Å².